The molecule has 1 saturated heterocycles. The monoisotopic (exact) mass is 402 g/mol. The average Bonchev–Trinajstić information content (AvgIpc) is 3.52. The Labute approximate surface area is 171 Å². The fraction of sp³-hybridized carbons (Fsp3) is 0.652. The number of hydrogen-bond donors (Lipinski definition) is 2. The molecule has 0 unspecified atom stereocenters. The second-order valence-electron chi connectivity index (χ2n) is 9.19. The minimum Gasteiger partial charge on any atom is -0.392 e. The third-order valence-electron chi connectivity index (χ3n) is 6.97. The van der Waals surface area contributed by atoms with E-state index in [1.807, 2.05) is 4.90 Å². The van der Waals surface area contributed by atoms with Crippen LogP contribution in [-0.4, -0.2) is 47.6 Å². The van der Waals surface area contributed by atoms with Crippen LogP contribution in [0, 0.1) is 23.1 Å². The molecule has 3 fully saturated rings. The summed E-state index contributed by atoms with van der Waals surface area (Å²) in [5.74, 6) is -0.0691. The van der Waals surface area contributed by atoms with Crippen LogP contribution in [0.4, 0.5) is 4.39 Å². The molecule has 2 N–H and O–H groups in total. The van der Waals surface area contributed by atoms with Crippen molar-refractivity contribution < 1.29 is 19.1 Å². The molecule has 3 aliphatic rings. The summed E-state index contributed by atoms with van der Waals surface area (Å²) in [7, 11) is 0. The predicted octanol–water partition coefficient (Wildman–Crippen LogP) is 2.66. The third-order valence-corrected chi connectivity index (χ3v) is 6.97. The van der Waals surface area contributed by atoms with Gasteiger partial charge in [-0.05, 0) is 62.6 Å². The number of nitrogens with one attached hydrogen (secondary N) is 1. The molecule has 2 saturated carbocycles. The number of piperidine rings is 1. The maximum atomic E-state index is 13.2. The highest BCUT2D eigenvalue weighted by molar-refractivity contribution is 5.83. The quantitative estimate of drug-likeness (QED) is 0.769. The average molecular weight is 403 g/mol. The summed E-state index contributed by atoms with van der Waals surface area (Å²) in [5, 5.41) is 13.8. The molecule has 5 nitrogen and oxygen atoms in total. The number of aliphatic hydroxyl groups is 1. The van der Waals surface area contributed by atoms with E-state index in [4.69, 9.17) is 0 Å². The van der Waals surface area contributed by atoms with Crippen molar-refractivity contribution in [3.63, 3.8) is 0 Å². The van der Waals surface area contributed by atoms with Crippen molar-refractivity contribution in [1.29, 1.82) is 0 Å². The lowest BCUT2D eigenvalue weighted by Gasteiger charge is -2.35. The fourth-order valence-electron chi connectivity index (χ4n) is 4.99. The molecule has 1 aromatic carbocycles. The molecule has 2 amide bonds. The van der Waals surface area contributed by atoms with E-state index in [-0.39, 0.29) is 29.5 Å². The van der Waals surface area contributed by atoms with Gasteiger partial charge in [-0.15, -0.1) is 0 Å². The van der Waals surface area contributed by atoms with Gasteiger partial charge in [-0.3, -0.25) is 9.59 Å². The number of amides is 2. The lowest BCUT2D eigenvalue weighted by Crippen LogP contribution is -2.49. The first-order valence-electron chi connectivity index (χ1n) is 11.0. The first-order valence-corrected chi connectivity index (χ1v) is 11.0. The van der Waals surface area contributed by atoms with Crippen molar-refractivity contribution in [3.8, 4) is 0 Å². The van der Waals surface area contributed by atoms with Gasteiger partial charge in [-0.25, -0.2) is 4.39 Å². The zero-order chi connectivity index (χ0) is 20.4. The number of halogens is 1. The predicted molar refractivity (Wildman–Crippen MR) is 107 cm³/mol. The second kappa shape index (κ2) is 8.42. The van der Waals surface area contributed by atoms with E-state index in [1.54, 1.807) is 12.1 Å². The van der Waals surface area contributed by atoms with Crippen LogP contribution >= 0.6 is 0 Å². The van der Waals surface area contributed by atoms with Gasteiger partial charge in [0.05, 0.1) is 12.0 Å². The van der Waals surface area contributed by atoms with Crippen LogP contribution in [0.1, 0.15) is 50.5 Å². The Morgan fingerprint density at radius 3 is 2.52 bits per heavy atom. The molecule has 29 heavy (non-hydrogen) atoms. The van der Waals surface area contributed by atoms with Gasteiger partial charge in [0.1, 0.15) is 5.82 Å². The Hall–Kier alpha value is -1.95. The maximum absolute atomic E-state index is 13.2. The molecule has 6 heteroatoms. The maximum Gasteiger partial charge on any atom is 0.225 e. The zero-order valence-corrected chi connectivity index (χ0v) is 16.9. The molecule has 158 valence electrons. The van der Waals surface area contributed by atoms with Crippen LogP contribution in [0.5, 0.6) is 0 Å². The van der Waals surface area contributed by atoms with E-state index in [9.17, 15) is 19.1 Å². The van der Waals surface area contributed by atoms with Crippen LogP contribution in [0.15, 0.2) is 24.3 Å². The van der Waals surface area contributed by atoms with E-state index in [1.165, 1.54) is 12.1 Å². The lowest BCUT2D eigenvalue weighted by atomic mass is 9.78. The number of likely N-dealkylation sites (tertiary alicyclic amines) is 1. The molecule has 0 aromatic heterocycles. The van der Waals surface area contributed by atoms with Gasteiger partial charge in [-0.2, -0.15) is 0 Å². The summed E-state index contributed by atoms with van der Waals surface area (Å²) < 4.78 is 13.2. The normalized spacial score (nSPS) is 29.7. The van der Waals surface area contributed by atoms with Crippen molar-refractivity contribution in [3.05, 3.63) is 35.6 Å². The van der Waals surface area contributed by atoms with E-state index in [2.05, 4.69) is 5.32 Å². The second-order valence-corrected chi connectivity index (χ2v) is 9.19. The molecule has 4 rings (SSSR count). The standard InChI is InChI=1S/C23H31FN2O3/c24-19-9-5-16(6-10-19)13-23(11-1-4-20(23)27)15-25-21(28)18-3-2-12-26(14-18)22(29)17-7-8-17/h5-6,9-10,17-18,20,27H,1-4,7-8,11-15H2,(H,25,28)/t18-,20-,23-/m1/s1. The topological polar surface area (TPSA) is 69.6 Å². The van der Waals surface area contributed by atoms with Crippen molar-refractivity contribution in [2.45, 2.75) is 57.5 Å². The molecule has 0 spiro atoms. The summed E-state index contributed by atoms with van der Waals surface area (Å²) in [5.41, 5.74) is 0.562. The van der Waals surface area contributed by atoms with E-state index in [0.29, 0.717) is 19.5 Å². The van der Waals surface area contributed by atoms with Gasteiger partial charge in [-0.1, -0.05) is 18.6 Å². The molecule has 0 radical (unpaired) electrons. The van der Waals surface area contributed by atoms with Gasteiger partial charge < -0.3 is 15.3 Å². The number of carbonyl (C=O) groups is 2. The van der Waals surface area contributed by atoms with Crippen molar-refractivity contribution in [2.75, 3.05) is 19.6 Å². The molecule has 2 aliphatic carbocycles. The number of nitrogens with zero attached hydrogens (tertiary/aromatic N) is 1. The molecule has 1 aromatic rings. The van der Waals surface area contributed by atoms with Gasteiger partial charge in [0, 0.05) is 31.0 Å². The minimum atomic E-state index is -0.479. The van der Waals surface area contributed by atoms with Crippen LogP contribution in [0.3, 0.4) is 0 Å². The third kappa shape index (κ3) is 4.63. The van der Waals surface area contributed by atoms with Crippen molar-refractivity contribution in [1.82, 2.24) is 10.2 Å². The molecule has 3 atom stereocenters. The molecular formula is C23H31FN2O3. The number of rotatable bonds is 6. The van der Waals surface area contributed by atoms with Crippen LogP contribution in [0.2, 0.25) is 0 Å². The van der Waals surface area contributed by atoms with Crippen molar-refractivity contribution in [2.24, 2.45) is 17.3 Å². The number of aliphatic hydroxyl groups excluding tert-OH is 1. The summed E-state index contributed by atoms with van der Waals surface area (Å²) in [6.45, 7) is 1.68. The highest BCUT2D eigenvalue weighted by Crippen LogP contribution is 2.41. The largest absolute Gasteiger partial charge is 0.392 e. The lowest BCUT2D eigenvalue weighted by molar-refractivity contribution is -0.137. The molecule has 0 bridgehead atoms. The Bertz CT molecular complexity index is 749. The molecule has 1 heterocycles. The smallest absolute Gasteiger partial charge is 0.225 e. The highest BCUT2D eigenvalue weighted by atomic mass is 19.1. The Kier molecular flexibility index (Phi) is 5.91. The Balaban J connectivity index is 1.37. The van der Waals surface area contributed by atoms with E-state index in [0.717, 1.165) is 57.1 Å². The minimum absolute atomic E-state index is 0.0177. The molecular weight excluding hydrogens is 371 g/mol. The first kappa shape index (κ1) is 20.3. The first-order chi connectivity index (χ1) is 14.0. The van der Waals surface area contributed by atoms with Crippen molar-refractivity contribution >= 4 is 11.8 Å². The van der Waals surface area contributed by atoms with Gasteiger partial charge in [0.25, 0.3) is 0 Å². The number of benzene rings is 1. The van der Waals surface area contributed by atoms with Crippen LogP contribution < -0.4 is 5.32 Å². The summed E-state index contributed by atoms with van der Waals surface area (Å²) >= 11 is 0. The Morgan fingerprint density at radius 1 is 1.10 bits per heavy atom. The SMILES string of the molecule is O=C(NC[C@]1(Cc2ccc(F)cc2)CCC[C@H]1O)[C@@H]1CCCN(C(=O)C2CC2)C1. The zero-order valence-electron chi connectivity index (χ0n) is 16.9. The molecule has 1 aliphatic heterocycles. The van der Waals surface area contributed by atoms with E-state index < -0.39 is 11.5 Å². The number of hydrogen-bond acceptors (Lipinski definition) is 3. The highest BCUT2D eigenvalue weighted by Gasteiger charge is 2.43. The van der Waals surface area contributed by atoms with Gasteiger partial charge >= 0.3 is 0 Å². The summed E-state index contributed by atoms with van der Waals surface area (Å²) in [6.07, 6.45) is 6.25. The fourth-order valence-corrected chi connectivity index (χ4v) is 4.99. The van der Waals surface area contributed by atoms with E-state index >= 15 is 0 Å². The van der Waals surface area contributed by atoms with Gasteiger partial charge in [0.2, 0.25) is 11.8 Å². The van der Waals surface area contributed by atoms with Crippen LogP contribution in [-0.2, 0) is 16.0 Å². The van der Waals surface area contributed by atoms with Crippen LogP contribution in [0.25, 0.3) is 0 Å². The Morgan fingerprint density at radius 2 is 1.86 bits per heavy atom. The summed E-state index contributed by atoms with van der Waals surface area (Å²) in [6, 6.07) is 6.39. The summed E-state index contributed by atoms with van der Waals surface area (Å²) in [4.78, 5) is 27.1. The number of carbonyl (C=O) groups excluding carboxylic acids is 2. The van der Waals surface area contributed by atoms with Gasteiger partial charge in [0.15, 0.2) is 0 Å².